The van der Waals surface area contributed by atoms with Crippen molar-refractivity contribution >= 4 is 28.3 Å². The number of hydrogen-bond acceptors (Lipinski definition) is 4. The second-order valence-corrected chi connectivity index (χ2v) is 7.59. The second kappa shape index (κ2) is 7.60. The monoisotopic (exact) mass is 374 g/mol. The summed E-state index contributed by atoms with van der Waals surface area (Å²) >= 11 is 0. The number of carbonyl (C=O) groups excluding carboxylic acids is 1. The lowest BCUT2D eigenvalue weighted by Crippen LogP contribution is -2.44. The summed E-state index contributed by atoms with van der Waals surface area (Å²) in [4.78, 5) is 22.2. The summed E-state index contributed by atoms with van der Waals surface area (Å²) in [6.07, 6.45) is 0. The van der Waals surface area contributed by atoms with Crippen molar-refractivity contribution in [3.05, 3.63) is 65.2 Å². The standard InChI is InChI=1S/C23H26N4O/c1-16-6-4-5-7-19(16)23(28)24-18-8-9-21-20(15-18)17(2)14-22(25-21)27-12-10-26(3)11-13-27/h4-9,14-15H,10-13H2,1-3H3,(H,24,28). The minimum atomic E-state index is -0.0860. The van der Waals surface area contributed by atoms with Crippen molar-refractivity contribution in [2.75, 3.05) is 43.4 Å². The van der Waals surface area contributed by atoms with E-state index in [9.17, 15) is 4.79 Å². The highest BCUT2D eigenvalue weighted by Gasteiger charge is 2.17. The number of carbonyl (C=O) groups is 1. The van der Waals surface area contributed by atoms with Crippen molar-refractivity contribution in [2.45, 2.75) is 13.8 Å². The zero-order valence-electron chi connectivity index (χ0n) is 16.7. The van der Waals surface area contributed by atoms with Crippen LogP contribution in [0, 0.1) is 13.8 Å². The van der Waals surface area contributed by atoms with Gasteiger partial charge in [0, 0.05) is 42.8 Å². The van der Waals surface area contributed by atoms with Crippen molar-refractivity contribution in [1.29, 1.82) is 0 Å². The summed E-state index contributed by atoms with van der Waals surface area (Å²) in [6, 6.07) is 15.7. The Kier molecular flexibility index (Phi) is 5.01. The highest BCUT2D eigenvalue weighted by atomic mass is 16.1. The predicted molar refractivity (Wildman–Crippen MR) is 115 cm³/mol. The van der Waals surface area contributed by atoms with Gasteiger partial charge in [0.25, 0.3) is 5.91 Å². The van der Waals surface area contributed by atoms with Crippen molar-refractivity contribution in [1.82, 2.24) is 9.88 Å². The van der Waals surface area contributed by atoms with Crippen molar-refractivity contribution < 1.29 is 4.79 Å². The quantitative estimate of drug-likeness (QED) is 0.756. The molecule has 1 aliphatic rings. The Balaban J connectivity index is 1.59. The SMILES string of the molecule is Cc1ccccc1C(=O)Nc1ccc2nc(N3CCN(C)CC3)cc(C)c2c1. The molecule has 1 amide bonds. The average molecular weight is 374 g/mol. The molecule has 0 radical (unpaired) electrons. The van der Waals surface area contributed by atoms with E-state index in [0.717, 1.165) is 54.2 Å². The molecule has 4 rings (SSSR count). The highest BCUT2D eigenvalue weighted by molar-refractivity contribution is 6.06. The molecule has 1 aliphatic heterocycles. The fourth-order valence-electron chi connectivity index (χ4n) is 3.68. The molecule has 0 saturated carbocycles. The van der Waals surface area contributed by atoms with Crippen LogP contribution < -0.4 is 10.2 Å². The second-order valence-electron chi connectivity index (χ2n) is 7.59. The topological polar surface area (TPSA) is 48.5 Å². The molecular formula is C23H26N4O. The van der Waals surface area contributed by atoms with Gasteiger partial charge < -0.3 is 15.1 Å². The van der Waals surface area contributed by atoms with E-state index < -0.39 is 0 Å². The smallest absolute Gasteiger partial charge is 0.255 e. The number of anilines is 2. The molecule has 0 unspecified atom stereocenters. The third kappa shape index (κ3) is 3.71. The van der Waals surface area contributed by atoms with E-state index in [1.807, 2.05) is 49.4 Å². The zero-order valence-corrected chi connectivity index (χ0v) is 16.7. The van der Waals surface area contributed by atoms with Crippen molar-refractivity contribution in [2.24, 2.45) is 0 Å². The number of pyridine rings is 1. The number of hydrogen-bond donors (Lipinski definition) is 1. The van der Waals surface area contributed by atoms with E-state index in [-0.39, 0.29) is 5.91 Å². The van der Waals surface area contributed by atoms with Crippen LogP contribution in [0.3, 0.4) is 0 Å². The maximum absolute atomic E-state index is 12.6. The van der Waals surface area contributed by atoms with Gasteiger partial charge in [-0.2, -0.15) is 0 Å². The third-order valence-corrected chi connectivity index (χ3v) is 5.48. The molecule has 0 bridgehead atoms. The minimum Gasteiger partial charge on any atom is -0.354 e. The van der Waals surface area contributed by atoms with E-state index in [2.05, 4.69) is 35.2 Å². The van der Waals surface area contributed by atoms with Crippen molar-refractivity contribution in [3.63, 3.8) is 0 Å². The first-order valence-corrected chi connectivity index (χ1v) is 9.73. The van der Waals surface area contributed by atoms with Gasteiger partial charge in [-0.1, -0.05) is 18.2 Å². The molecule has 0 spiro atoms. The third-order valence-electron chi connectivity index (χ3n) is 5.48. The largest absolute Gasteiger partial charge is 0.354 e. The number of nitrogens with one attached hydrogen (secondary N) is 1. The summed E-state index contributed by atoms with van der Waals surface area (Å²) in [5.74, 6) is 0.951. The Morgan fingerprint density at radius 1 is 0.964 bits per heavy atom. The molecule has 5 heteroatoms. The van der Waals surface area contributed by atoms with Crippen LogP contribution in [0.5, 0.6) is 0 Å². The van der Waals surface area contributed by atoms with Gasteiger partial charge in [-0.05, 0) is 62.4 Å². The number of likely N-dealkylation sites (N-methyl/N-ethyl adjacent to an activating group) is 1. The molecule has 0 aliphatic carbocycles. The maximum Gasteiger partial charge on any atom is 0.255 e. The Bertz CT molecular complexity index is 1020. The molecule has 1 aromatic heterocycles. The van der Waals surface area contributed by atoms with Crippen LogP contribution in [-0.2, 0) is 0 Å². The summed E-state index contributed by atoms with van der Waals surface area (Å²) in [7, 11) is 2.16. The molecule has 28 heavy (non-hydrogen) atoms. The highest BCUT2D eigenvalue weighted by Crippen LogP contribution is 2.26. The first-order chi connectivity index (χ1) is 13.5. The number of aryl methyl sites for hydroxylation is 2. The molecule has 1 N–H and O–H groups in total. The number of benzene rings is 2. The minimum absolute atomic E-state index is 0.0860. The Labute approximate surface area is 166 Å². The van der Waals surface area contributed by atoms with Crippen LogP contribution in [0.4, 0.5) is 11.5 Å². The van der Waals surface area contributed by atoms with E-state index in [4.69, 9.17) is 4.98 Å². The van der Waals surface area contributed by atoms with Crippen LogP contribution in [-0.4, -0.2) is 49.0 Å². The van der Waals surface area contributed by atoms with Crippen molar-refractivity contribution in [3.8, 4) is 0 Å². The average Bonchev–Trinajstić information content (AvgIpc) is 2.69. The van der Waals surface area contributed by atoms with E-state index in [1.54, 1.807) is 0 Å². The molecule has 2 heterocycles. The maximum atomic E-state index is 12.6. The van der Waals surface area contributed by atoms with Crippen LogP contribution in [0.25, 0.3) is 10.9 Å². The lowest BCUT2D eigenvalue weighted by Gasteiger charge is -2.33. The van der Waals surface area contributed by atoms with Gasteiger partial charge in [0.1, 0.15) is 5.82 Å². The Morgan fingerprint density at radius 3 is 2.46 bits per heavy atom. The lowest BCUT2D eigenvalue weighted by molar-refractivity contribution is 0.102. The Morgan fingerprint density at radius 2 is 1.71 bits per heavy atom. The Hall–Kier alpha value is -2.92. The molecule has 0 atom stereocenters. The van der Waals surface area contributed by atoms with Gasteiger partial charge in [-0.15, -0.1) is 0 Å². The number of rotatable bonds is 3. The van der Waals surface area contributed by atoms with Gasteiger partial charge in [-0.25, -0.2) is 4.98 Å². The zero-order chi connectivity index (χ0) is 19.7. The fraction of sp³-hybridized carbons (Fsp3) is 0.304. The number of piperazine rings is 1. The van der Waals surface area contributed by atoms with E-state index >= 15 is 0 Å². The predicted octanol–water partition coefficient (Wildman–Crippen LogP) is 3.86. The summed E-state index contributed by atoms with van der Waals surface area (Å²) < 4.78 is 0. The molecule has 2 aromatic carbocycles. The molecule has 5 nitrogen and oxygen atoms in total. The number of nitrogens with zero attached hydrogens (tertiary/aromatic N) is 3. The van der Waals surface area contributed by atoms with Gasteiger partial charge in [-0.3, -0.25) is 4.79 Å². The molecule has 1 fully saturated rings. The van der Waals surface area contributed by atoms with Crippen LogP contribution in [0.15, 0.2) is 48.5 Å². The first kappa shape index (κ1) is 18.4. The van der Waals surface area contributed by atoms with Crippen LogP contribution in [0.2, 0.25) is 0 Å². The fourth-order valence-corrected chi connectivity index (χ4v) is 3.68. The van der Waals surface area contributed by atoms with Gasteiger partial charge in [0.2, 0.25) is 0 Å². The molecule has 144 valence electrons. The van der Waals surface area contributed by atoms with Crippen LogP contribution in [0.1, 0.15) is 21.5 Å². The first-order valence-electron chi connectivity index (χ1n) is 9.73. The molecule has 1 saturated heterocycles. The number of fused-ring (bicyclic) bond motifs is 1. The van der Waals surface area contributed by atoms with Gasteiger partial charge in [0.05, 0.1) is 5.52 Å². The van der Waals surface area contributed by atoms with Gasteiger partial charge in [0.15, 0.2) is 0 Å². The normalized spacial score (nSPS) is 15.0. The van der Waals surface area contributed by atoms with E-state index in [1.165, 1.54) is 5.56 Å². The molecule has 3 aromatic rings. The number of amides is 1. The summed E-state index contributed by atoms with van der Waals surface area (Å²) in [5, 5.41) is 4.09. The summed E-state index contributed by atoms with van der Waals surface area (Å²) in [5.41, 5.74) is 4.59. The summed E-state index contributed by atoms with van der Waals surface area (Å²) in [6.45, 7) is 8.17. The lowest BCUT2D eigenvalue weighted by atomic mass is 10.1. The van der Waals surface area contributed by atoms with Crippen LogP contribution >= 0.6 is 0 Å². The van der Waals surface area contributed by atoms with E-state index in [0.29, 0.717) is 5.56 Å². The molecular weight excluding hydrogens is 348 g/mol. The number of aromatic nitrogens is 1. The van der Waals surface area contributed by atoms with Gasteiger partial charge >= 0.3 is 0 Å².